The van der Waals surface area contributed by atoms with Crippen molar-refractivity contribution < 1.29 is 23.1 Å². The van der Waals surface area contributed by atoms with Crippen molar-refractivity contribution in [3.8, 4) is 5.75 Å². The summed E-state index contributed by atoms with van der Waals surface area (Å²) in [4.78, 5) is 23.1. The Kier molecular flexibility index (Phi) is 4.88. The van der Waals surface area contributed by atoms with Crippen LogP contribution < -0.4 is 15.4 Å². The van der Waals surface area contributed by atoms with Gasteiger partial charge in [-0.25, -0.2) is 8.78 Å². The number of ether oxygens (including phenoxy) is 1. The fourth-order valence-electron chi connectivity index (χ4n) is 2.36. The zero-order chi connectivity index (χ0) is 18.7. The third-order valence-electron chi connectivity index (χ3n) is 3.89. The average molecular weight is 360 g/mol. The average Bonchev–Trinajstić information content (AvgIpc) is 3.20. The molecule has 136 valence electrons. The second-order valence-electron chi connectivity index (χ2n) is 6.16. The fraction of sp³-hybridized carbons (Fsp3) is 0.263. The maximum Gasteiger partial charge on any atom is 0.288 e. The van der Waals surface area contributed by atoms with Gasteiger partial charge in [0.2, 0.25) is 5.91 Å². The van der Waals surface area contributed by atoms with Gasteiger partial charge in [0.25, 0.3) is 11.8 Å². The van der Waals surface area contributed by atoms with Crippen LogP contribution in [0.25, 0.3) is 0 Å². The molecule has 0 radical (unpaired) electrons. The highest BCUT2D eigenvalue weighted by Gasteiger charge is 2.59. The molecular weight excluding hydrogens is 342 g/mol. The Morgan fingerprint density at radius 3 is 2.27 bits per heavy atom. The van der Waals surface area contributed by atoms with Crippen LogP contribution >= 0.6 is 0 Å². The predicted molar refractivity (Wildman–Crippen MR) is 92.3 cm³/mol. The number of benzene rings is 2. The van der Waals surface area contributed by atoms with Crippen molar-refractivity contribution >= 4 is 17.5 Å². The van der Waals surface area contributed by atoms with Gasteiger partial charge in [-0.15, -0.1) is 0 Å². The second kappa shape index (κ2) is 7.11. The lowest BCUT2D eigenvalue weighted by molar-refractivity contribution is -0.114. The van der Waals surface area contributed by atoms with Gasteiger partial charge in [-0.1, -0.05) is 12.1 Å². The van der Waals surface area contributed by atoms with Crippen molar-refractivity contribution in [1.82, 2.24) is 5.32 Å². The van der Waals surface area contributed by atoms with E-state index in [1.807, 2.05) is 0 Å². The molecule has 7 heteroatoms. The SMILES string of the molecule is CC(=O)Nc1ccc(CNC(=O)c2ccc(OC3CC3(F)F)cc2)cc1. The molecule has 1 aliphatic carbocycles. The number of halogens is 2. The number of rotatable bonds is 6. The summed E-state index contributed by atoms with van der Waals surface area (Å²) >= 11 is 0. The van der Waals surface area contributed by atoms with Crippen LogP contribution in [-0.2, 0) is 11.3 Å². The molecule has 3 rings (SSSR count). The molecule has 1 fully saturated rings. The first-order valence-electron chi connectivity index (χ1n) is 8.13. The smallest absolute Gasteiger partial charge is 0.288 e. The number of anilines is 1. The van der Waals surface area contributed by atoms with Crippen molar-refractivity contribution in [2.24, 2.45) is 0 Å². The molecule has 1 atom stereocenters. The van der Waals surface area contributed by atoms with Crippen LogP contribution in [-0.4, -0.2) is 23.8 Å². The fourth-order valence-corrected chi connectivity index (χ4v) is 2.36. The van der Waals surface area contributed by atoms with E-state index in [4.69, 9.17) is 4.74 Å². The van der Waals surface area contributed by atoms with E-state index < -0.39 is 12.0 Å². The monoisotopic (exact) mass is 360 g/mol. The van der Waals surface area contributed by atoms with E-state index in [1.165, 1.54) is 31.2 Å². The minimum atomic E-state index is -2.74. The maximum absolute atomic E-state index is 12.8. The minimum absolute atomic E-state index is 0.149. The van der Waals surface area contributed by atoms with Crippen molar-refractivity contribution in [2.75, 3.05) is 5.32 Å². The van der Waals surface area contributed by atoms with E-state index >= 15 is 0 Å². The van der Waals surface area contributed by atoms with E-state index in [-0.39, 0.29) is 18.2 Å². The highest BCUT2D eigenvalue weighted by molar-refractivity contribution is 5.94. The lowest BCUT2D eigenvalue weighted by Crippen LogP contribution is -2.22. The van der Waals surface area contributed by atoms with Crippen LogP contribution in [0, 0.1) is 0 Å². The molecular formula is C19H18F2N2O3. The summed E-state index contributed by atoms with van der Waals surface area (Å²) in [5, 5.41) is 5.44. The number of carbonyl (C=O) groups is 2. The Bertz CT molecular complexity index is 805. The lowest BCUT2D eigenvalue weighted by atomic mass is 10.1. The van der Waals surface area contributed by atoms with Gasteiger partial charge in [-0.05, 0) is 42.0 Å². The first-order valence-corrected chi connectivity index (χ1v) is 8.13. The largest absolute Gasteiger partial charge is 0.484 e. The van der Waals surface area contributed by atoms with E-state index in [0.29, 0.717) is 23.5 Å². The molecule has 2 aromatic carbocycles. The molecule has 2 aromatic rings. The molecule has 1 aliphatic rings. The van der Waals surface area contributed by atoms with Gasteiger partial charge in [0, 0.05) is 24.7 Å². The second-order valence-corrected chi connectivity index (χ2v) is 6.16. The molecule has 0 saturated heterocycles. The predicted octanol–water partition coefficient (Wildman–Crippen LogP) is 3.36. The molecule has 0 spiro atoms. The van der Waals surface area contributed by atoms with Gasteiger partial charge >= 0.3 is 0 Å². The zero-order valence-electron chi connectivity index (χ0n) is 14.1. The van der Waals surface area contributed by atoms with Gasteiger partial charge in [0.05, 0.1) is 6.42 Å². The molecule has 1 unspecified atom stereocenters. The Morgan fingerprint density at radius 2 is 1.73 bits per heavy atom. The Labute approximate surface area is 149 Å². The van der Waals surface area contributed by atoms with Crippen LogP contribution in [0.5, 0.6) is 5.75 Å². The lowest BCUT2D eigenvalue weighted by Gasteiger charge is -2.08. The number of hydrogen-bond donors (Lipinski definition) is 2. The van der Waals surface area contributed by atoms with Gasteiger partial charge in [-0.2, -0.15) is 0 Å². The maximum atomic E-state index is 12.8. The summed E-state index contributed by atoms with van der Waals surface area (Å²) in [5.41, 5.74) is 1.97. The van der Waals surface area contributed by atoms with Crippen molar-refractivity contribution in [3.05, 3.63) is 59.7 Å². The molecule has 2 N–H and O–H groups in total. The van der Waals surface area contributed by atoms with E-state index in [2.05, 4.69) is 10.6 Å². The van der Waals surface area contributed by atoms with Crippen molar-refractivity contribution in [3.63, 3.8) is 0 Å². The topological polar surface area (TPSA) is 67.4 Å². The number of carbonyl (C=O) groups excluding carboxylic acids is 2. The standard InChI is InChI=1S/C19H18F2N2O3/c1-12(24)23-15-6-2-13(3-7-15)11-22-18(25)14-4-8-16(9-5-14)26-17-10-19(17,20)21/h2-9,17H,10-11H2,1H3,(H,22,25)(H,23,24). The Hall–Kier alpha value is -2.96. The Morgan fingerprint density at radius 1 is 1.12 bits per heavy atom. The van der Waals surface area contributed by atoms with Crippen LogP contribution in [0.15, 0.2) is 48.5 Å². The molecule has 0 aliphatic heterocycles. The van der Waals surface area contributed by atoms with E-state index in [0.717, 1.165) is 5.56 Å². The van der Waals surface area contributed by atoms with E-state index in [1.54, 1.807) is 24.3 Å². The summed E-state index contributed by atoms with van der Waals surface area (Å²) in [6.45, 7) is 1.76. The van der Waals surface area contributed by atoms with Gasteiger partial charge in [0.15, 0.2) is 6.10 Å². The van der Waals surface area contributed by atoms with Gasteiger partial charge < -0.3 is 15.4 Å². The highest BCUT2D eigenvalue weighted by Crippen LogP contribution is 2.44. The molecule has 0 bridgehead atoms. The summed E-state index contributed by atoms with van der Waals surface area (Å²) in [6, 6.07) is 13.2. The molecule has 0 aromatic heterocycles. The first-order chi connectivity index (χ1) is 12.3. The highest BCUT2D eigenvalue weighted by atomic mass is 19.3. The molecule has 26 heavy (non-hydrogen) atoms. The van der Waals surface area contributed by atoms with Crippen LogP contribution in [0.4, 0.5) is 14.5 Å². The van der Waals surface area contributed by atoms with Gasteiger partial charge in [0.1, 0.15) is 5.75 Å². The summed E-state index contributed by atoms with van der Waals surface area (Å²) in [7, 11) is 0. The van der Waals surface area contributed by atoms with Crippen molar-refractivity contribution in [2.45, 2.75) is 31.9 Å². The quantitative estimate of drug-likeness (QED) is 0.830. The third-order valence-corrected chi connectivity index (χ3v) is 3.89. The normalized spacial score (nSPS) is 17.3. The van der Waals surface area contributed by atoms with Crippen LogP contribution in [0.3, 0.4) is 0 Å². The number of amides is 2. The molecule has 0 heterocycles. The summed E-state index contributed by atoms with van der Waals surface area (Å²) in [6.07, 6.45) is -1.33. The summed E-state index contributed by atoms with van der Waals surface area (Å²) < 4.78 is 30.8. The first kappa shape index (κ1) is 17.8. The van der Waals surface area contributed by atoms with Gasteiger partial charge in [-0.3, -0.25) is 9.59 Å². The van der Waals surface area contributed by atoms with Crippen LogP contribution in [0.1, 0.15) is 29.3 Å². The van der Waals surface area contributed by atoms with Crippen molar-refractivity contribution in [1.29, 1.82) is 0 Å². The Balaban J connectivity index is 1.50. The molecule has 5 nitrogen and oxygen atoms in total. The number of nitrogens with one attached hydrogen (secondary N) is 2. The van der Waals surface area contributed by atoms with Crippen LogP contribution in [0.2, 0.25) is 0 Å². The summed E-state index contributed by atoms with van der Waals surface area (Å²) in [5.74, 6) is -2.86. The number of alkyl halides is 2. The van der Waals surface area contributed by atoms with E-state index in [9.17, 15) is 18.4 Å². The molecule has 1 saturated carbocycles. The zero-order valence-corrected chi connectivity index (χ0v) is 14.1. The molecule has 2 amide bonds. The number of hydrogen-bond acceptors (Lipinski definition) is 3. The third kappa shape index (κ3) is 4.56. The minimum Gasteiger partial charge on any atom is -0.484 e.